The number of aliphatic hydroxyl groups excluding tert-OH is 1. The van der Waals surface area contributed by atoms with Crippen molar-refractivity contribution in [1.29, 1.82) is 0 Å². The van der Waals surface area contributed by atoms with Gasteiger partial charge in [-0.2, -0.15) is 16.7 Å². The van der Waals surface area contributed by atoms with E-state index >= 15 is 0 Å². The van der Waals surface area contributed by atoms with E-state index in [-0.39, 0.29) is 6.61 Å². The van der Waals surface area contributed by atoms with Crippen LogP contribution in [0.25, 0.3) is 0 Å². The van der Waals surface area contributed by atoms with Crippen LogP contribution in [-0.2, 0) is 12.2 Å². The van der Waals surface area contributed by atoms with Crippen molar-refractivity contribution < 1.29 is 9.63 Å². The van der Waals surface area contributed by atoms with Crippen molar-refractivity contribution in [3.63, 3.8) is 0 Å². The number of hydrogen-bond acceptors (Lipinski definition) is 5. The van der Waals surface area contributed by atoms with Crippen molar-refractivity contribution in [2.45, 2.75) is 38.4 Å². The van der Waals surface area contributed by atoms with Gasteiger partial charge in [0.1, 0.15) is 0 Å². The van der Waals surface area contributed by atoms with Crippen LogP contribution in [0, 0.1) is 0 Å². The minimum Gasteiger partial charge on any atom is -0.396 e. The fourth-order valence-electron chi connectivity index (χ4n) is 1.11. The number of unbranched alkanes of at least 4 members (excludes halogenated alkanes) is 1. The van der Waals surface area contributed by atoms with Crippen LogP contribution in [-0.4, -0.2) is 27.6 Å². The lowest BCUT2D eigenvalue weighted by Crippen LogP contribution is -1.89. The first kappa shape index (κ1) is 12.5. The fourth-order valence-corrected chi connectivity index (χ4v) is 1.88. The second kappa shape index (κ2) is 7.70. The molecule has 0 spiro atoms. The first-order valence-corrected chi connectivity index (χ1v) is 6.52. The van der Waals surface area contributed by atoms with Crippen molar-refractivity contribution in [3.05, 3.63) is 11.7 Å². The standard InChI is InChI=1S/C10H18N2O2S/c1-2-3-5-9-11-10(14-12-9)8-15-7-4-6-13/h13H,2-8H2,1H3. The predicted octanol–water partition coefficient (Wildman–Crippen LogP) is 2.03. The average Bonchev–Trinajstić information content (AvgIpc) is 2.69. The summed E-state index contributed by atoms with van der Waals surface area (Å²) in [5.74, 6) is 3.20. The predicted molar refractivity (Wildman–Crippen MR) is 60.8 cm³/mol. The smallest absolute Gasteiger partial charge is 0.236 e. The normalized spacial score (nSPS) is 10.8. The van der Waals surface area contributed by atoms with Gasteiger partial charge in [-0.3, -0.25) is 0 Å². The molecule has 5 heteroatoms. The van der Waals surface area contributed by atoms with Gasteiger partial charge in [0, 0.05) is 13.0 Å². The highest BCUT2D eigenvalue weighted by Crippen LogP contribution is 2.11. The Kier molecular flexibility index (Phi) is 6.43. The van der Waals surface area contributed by atoms with Gasteiger partial charge in [0.15, 0.2) is 5.82 Å². The summed E-state index contributed by atoms with van der Waals surface area (Å²) in [5.41, 5.74) is 0. The zero-order valence-electron chi connectivity index (χ0n) is 9.11. The zero-order valence-corrected chi connectivity index (χ0v) is 9.92. The highest BCUT2D eigenvalue weighted by Gasteiger charge is 2.05. The van der Waals surface area contributed by atoms with E-state index in [1.54, 1.807) is 11.8 Å². The summed E-state index contributed by atoms with van der Waals surface area (Å²) in [6, 6.07) is 0. The molecule has 0 radical (unpaired) electrons. The molecule has 1 heterocycles. The lowest BCUT2D eigenvalue weighted by molar-refractivity contribution is 0.296. The van der Waals surface area contributed by atoms with Crippen LogP contribution < -0.4 is 0 Å². The molecular formula is C10H18N2O2S. The molecule has 1 N–H and O–H groups in total. The van der Waals surface area contributed by atoms with E-state index in [0.29, 0.717) is 5.89 Å². The molecule has 0 amide bonds. The summed E-state index contributed by atoms with van der Waals surface area (Å²) < 4.78 is 5.10. The van der Waals surface area contributed by atoms with Crippen molar-refractivity contribution in [3.8, 4) is 0 Å². The van der Waals surface area contributed by atoms with Crippen LogP contribution in [0.2, 0.25) is 0 Å². The van der Waals surface area contributed by atoms with Crippen LogP contribution in [0.5, 0.6) is 0 Å². The molecule has 0 unspecified atom stereocenters. The van der Waals surface area contributed by atoms with Gasteiger partial charge in [0.05, 0.1) is 5.75 Å². The van der Waals surface area contributed by atoms with Gasteiger partial charge < -0.3 is 9.63 Å². The zero-order chi connectivity index (χ0) is 10.9. The molecule has 0 fully saturated rings. The summed E-state index contributed by atoms with van der Waals surface area (Å²) in [5, 5.41) is 12.5. The quantitative estimate of drug-likeness (QED) is 0.692. The number of rotatable bonds is 8. The molecule has 0 aromatic carbocycles. The Labute approximate surface area is 94.5 Å². The molecule has 15 heavy (non-hydrogen) atoms. The van der Waals surface area contributed by atoms with E-state index in [1.165, 1.54) is 0 Å². The summed E-state index contributed by atoms with van der Waals surface area (Å²) in [6.07, 6.45) is 3.98. The van der Waals surface area contributed by atoms with Crippen LogP contribution >= 0.6 is 11.8 Å². The van der Waals surface area contributed by atoms with Gasteiger partial charge in [-0.25, -0.2) is 0 Å². The van der Waals surface area contributed by atoms with Gasteiger partial charge in [0.2, 0.25) is 5.89 Å². The highest BCUT2D eigenvalue weighted by molar-refractivity contribution is 7.98. The molecule has 0 aliphatic rings. The SMILES string of the molecule is CCCCc1noc(CSCCCO)n1. The first-order chi connectivity index (χ1) is 7.36. The number of aliphatic hydroxyl groups is 1. The molecule has 0 bridgehead atoms. The average molecular weight is 230 g/mol. The maximum atomic E-state index is 8.60. The second-order valence-electron chi connectivity index (χ2n) is 3.34. The Balaban J connectivity index is 2.20. The van der Waals surface area contributed by atoms with Gasteiger partial charge in [-0.15, -0.1) is 0 Å². The first-order valence-electron chi connectivity index (χ1n) is 5.37. The third-order valence-electron chi connectivity index (χ3n) is 1.94. The largest absolute Gasteiger partial charge is 0.396 e. The molecule has 0 atom stereocenters. The number of aryl methyl sites for hydroxylation is 1. The molecule has 86 valence electrons. The Morgan fingerprint density at radius 2 is 2.27 bits per heavy atom. The van der Waals surface area contributed by atoms with E-state index in [4.69, 9.17) is 9.63 Å². The molecule has 1 rings (SSSR count). The van der Waals surface area contributed by atoms with Gasteiger partial charge in [-0.05, 0) is 18.6 Å². The third kappa shape index (κ3) is 5.18. The van der Waals surface area contributed by atoms with E-state index in [1.807, 2.05) is 0 Å². The summed E-state index contributed by atoms with van der Waals surface area (Å²) >= 11 is 1.71. The number of hydrogen-bond donors (Lipinski definition) is 1. The maximum absolute atomic E-state index is 8.60. The minimum atomic E-state index is 0.249. The number of aromatic nitrogens is 2. The third-order valence-corrected chi connectivity index (χ3v) is 2.96. The number of nitrogens with zero attached hydrogens (tertiary/aromatic N) is 2. The van der Waals surface area contributed by atoms with Crippen LogP contribution in [0.1, 0.15) is 37.9 Å². The fraction of sp³-hybridized carbons (Fsp3) is 0.800. The summed E-state index contributed by atoms with van der Waals surface area (Å²) in [7, 11) is 0. The Morgan fingerprint density at radius 1 is 1.40 bits per heavy atom. The second-order valence-corrected chi connectivity index (χ2v) is 4.44. The molecule has 0 saturated heterocycles. The van der Waals surface area contributed by atoms with Crippen LogP contribution in [0.3, 0.4) is 0 Å². The highest BCUT2D eigenvalue weighted by atomic mass is 32.2. The summed E-state index contributed by atoms with van der Waals surface area (Å²) in [6.45, 7) is 2.39. The van der Waals surface area contributed by atoms with E-state index in [2.05, 4.69) is 17.1 Å². The summed E-state index contributed by atoms with van der Waals surface area (Å²) in [4.78, 5) is 4.28. The monoisotopic (exact) mass is 230 g/mol. The van der Waals surface area contributed by atoms with E-state index in [9.17, 15) is 0 Å². The Morgan fingerprint density at radius 3 is 3.00 bits per heavy atom. The molecule has 4 nitrogen and oxygen atoms in total. The van der Waals surface area contributed by atoms with Crippen LogP contribution in [0.15, 0.2) is 4.52 Å². The molecule has 0 saturated carbocycles. The molecule has 0 aliphatic heterocycles. The molecule has 0 aliphatic carbocycles. The topological polar surface area (TPSA) is 59.2 Å². The lowest BCUT2D eigenvalue weighted by Gasteiger charge is -1.94. The maximum Gasteiger partial charge on any atom is 0.236 e. The number of thioether (sulfide) groups is 1. The van der Waals surface area contributed by atoms with Crippen molar-refractivity contribution in [2.24, 2.45) is 0 Å². The van der Waals surface area contributed by atoms with Crippen molar-refractivity contribution in [1.82, 2.24) is 10.1 Å². The van der Waals surface area contributed by atoms with Crippen LogP contribution in [0.4, 0.5) is 0 Å². The molecule has 1 aromatic heterocycles. The Hall–Kier alpha value is -0.550. The van der Waals surface area contributed by atoms with Crippen molar-refractivity contribution in [2.75, 3.05) is 12.4 Å². The lowest BCUT2D eigenvalue weighted by atomic mass is 10.2. The minimum absolute atomic E-state index is 0.249. The van der Waals surface area contributed by atoms with E-state index in [0.717, 1.165) is 43.0 Å². The molecular weight excluding hydrogens is 212 g/mol. The van der Waals surface area contributed by atoms with Gasteiger partial charge >= 0.3 is 0 Å². The van der Waals surface area contributed by atoms with Gasteiger partial charge in [-0.1, -0.05) is 18.5 Å². The van der Waals surface area contributed by atoms with Crippen molar-refractivity contribution >= 4 is 11.8 Å². The Bertz CT molecular complexity index is 266. The van der Waals surface area contributed by atoms with E-state index < -0.39 is 0 Å². The van der Waals surface area contributed by atoms with Gasteiger partial charge in [0.25, 0.3) is 0 Å². The molecule has 1 aromatic rings.